The molecule has 0 aliphatic rings. The van der Waals surface area contributed by atoms with E-state index in [4.69, 9.17) is 21.4 Å². The molecule has 6 nitrogen and oxygen atoms in total. The van der Waals surface area contributed by atoms with Gasteiger partial charge in [-0.1, -0.05) is 11.6 Å². The molecule has 0 bridgehead atoms. The highest BCUT2D eigenvalue weighted by Crippen LogP contribution is 2.20. The van der Waals surface area contributed by atoms with Gasteiger partial charge in [0.25, 0.3) is 0 Å². The maximum absolute atomic E-state index is 12.0. The zero-order chi connectivity index (χ0) is 15.3. The molecule has 1 atom stereocenters. The van der Waals surface area contributed by atoms with Crippen molar-refractivity contribution in [2.45, 2.75) is 24.8 Å². The fourth-order valence-electron chi connectivity index (χ4n) is 1.49. The van der Waals surface area contributed by atoms with Gasteiger partial charge in [0.05, 0.1) is 21.6 Å². The highest BCUT2D eigenvalue weighted by Gasteiger charge is 2.19. The van der Waals surface area contributed by atoms with Crippen LogP contribution in [0.15, 0.2) is 23.1 Å². The van der Waals surface area contributed by atoms with Gasteiger partial charge in [0.1, 0.15) is 0 Å². The fourth-order valence-corrected chi connectivity index (χ4v) is 2.83. The van der Waals surface area contributed by atoms with E-state index in [0.29, 0.717) is 6.61 Å². The van der Waals surface area contributed by atoms with Gasteiger partial charge in [-0.05, 0) is 32.0 Å². The molecule has 0 amide bonds. The maximum Gasteiger partial charge on any atom is 0.337 e. The summed E-state index contributed by atoms with van der Waals surface area (Å²) in [6.45, 7) is 4.12. The van der Waals surface area contributed by atoms with Crippen LogP contribution in [0.2, 0.25) is 5.02 Å². The van der Waals surface area contributed by atoms with Crippen molar-refractivity contribution in [2.24, 2.45) is 0 Å². The summed E-state index contributed by atoms with van der Waals surface area (Å²) in [6, 6.07) is 3.52. The number of ether oxygens (including phenoxy) is 1. The van der Waals surface area contributed by atoms with Crippen LogP contribution in [-0.2, 0) is 14.8 Å². The van der Waals surface area contributed by atoms with Gasteiger partial charge in [-0.2, -0.15) is 0 Å². The summed E-state index contributed by atoms with van der Waals surface area (Å²) in [5, 5.41) is 8.91. The normalized spacial score (nSPS) is 13.2. The fraction of sp³-hybridized carbons (Fsp3) is 0.417. The maximum atomic E-state index is 12.0. The minimum Gasteiger partial charge on any atom is -0.478 e. The van der Waals surface area contributed by atoms with Crippen LogP contribution in [0.5, 0.6) is 0 Å². The molecule has 0 saturated carbocycles. The van der Waals surface area contributed by atoms with Crippen LogP contribution in [0.1, 0.15) is 24.2 Å². The average molecular weight is 322 g/mol. The molecule has 0 aliphatic heterocycles. The molecule has 0 aromatic heterocycles. The molecule has 8 heteroatoms. The van der Waals surface area contributed by atoms with Gasteiger partial charge in [-0.3, -0.25) is 0 Å². The number of halogens is 1. The number of carboxylic acid groups (broad SMARTS) is 1. The third kappa shape index (κ3) is 4.45. The van der Waals surface area contributed by atoms with Crippen LogP contribution >= 0.6 is 11.6 Å². The summed E-state index contributed by atoms with van der Waals surface area (Å²) >= 11 is 5.69. The summed E-state index contributed by atoms with van der Waals surface area (Å²) in [7, 11) is -3.80. The molecule has 112 valence electrons. The smallest absolute Gasteiger partial charge is 0.337 e. The Hall–Kier alpha value is -1.15. The number of hydrogen-bond donors (Lipinski definition) is 2. The second-order valence-corrected chi connectivity index (χ2v) is 6.24. The van der Waals surface area contributed by atoms with E-state index in [9.17, 15) is 13.2 Å². The minimum absolute atomic E-state index is 0.0147. The molecule has 0 radical (unpaired) electrons. The van der Waals surface area contributed by atoms with E-state index >= 15 is 0 Å². The summed E-state index contributed by atoms with van der Waals surface area (Å²) in [5.74, 6) is -1.28. The van der Waals surface area contributed by atoms with Gasteiger partial charge >= 0.3 is 5.97 Å². The Labute approximate surface area is 122 Å². The van der Waals surface area contributed by atoms with Crippen molar-refractivity contribution in [2.75, 3.05) is 13.2 Å². The first-order valence-electron chi connectivity index (χ1n) is 5.92. The van der Waals surface area contributed by atoms with E-state index < -0.39 is 16.0 Å². The second-order valence-electron chi connectivity index (χ2n) is 4.06. The summed E-state index contributed by atoms with van der Waals surface area (Å²) in [4.78, 5) is 10.8. The van der Waals surface area contributed by atoms with E-state index in [1.807, 2.05) is 6.92 Å². The predicted octanol–water partition coefficient (Wildman–Crippen LogP) is 1.74. The molecule has 1 unspecified atom stereocenters. The van der Waals surface area contributed by atoms with Gasteiger partial charge in [-0.25, -0.2) is 17.9 Å². The number of aromatic carboxylic acids is 1. The van der Waals surface area contributed by atoms with E-state index in [2.05, 4.69) is 4.72 Å². The Bertz CT molecular complexity index is 588. The Morgan fingerprint density at radius 2 is 2.15 bits per heavy atom. The first kappa shape index (κ1) is 16.9. The third-order valence-electron chi connectivity index (χ3n) is 2.49. The average Bonchev–Trinajstić information content (AvgIpc) is 2.37. The Balaban J connectivity index is 2.93. The van der Waals surface area contributed by atoms with Crippen molar-refractivity contribution in [1.29, 1.82) is 0 Å². The lowest BCUT2D eigenvalue weighted by Gasteiger charge is -2.13. The first-order chi connectivity index (χ1) is 9.27. The third-order valence-corrected chi connectivity index (χ3v) is 4.24. The molecular formula is C12H16ClNO5S. The van der Waals surface area contributed by atoms with Crippen LogP contribution in [0, 0.1) is 0 Å². The van der Waals surface area contributed by atoms with Gasteiger partial charge in [0.15, 0.2) is 0 Å². The van der Waals surface area contributed by atoms with E-state index in [1.165, 1.54) is 12.1 Å². The monoisotopic (exact) mass is 321 g/mol. The van der Waals surface area contributed by atoms with E-state index in [-0.39, 0.29) is 28.1 Å². The van der Waals surface area contributed by atoms with Crippen molar-refractivity contribution in [3.8, 4) is 0 Å². The minimum atomic E-state index is -3.80. The zero-order valence-electron chi connectivity index (χ0n) is 11.1. The van der Waals surface area contributed by atoms with Crippen LogP contribution in [-0.4, -0.2) is 38.7 Å². The van der Waals surface area contributed by atoms with Gasteiger partial charge in [-0.15, -0.1) is 0 Å². The molecule has 1 rings (SSSR count). The number of hydrogen-bond acceptors (Lipinski definition) is 4. The molecule has 0 saturated heterocycles. The van der Waals surface area contributed by atoms with E-state index in [1.54, 1.807) is 6.92 Å². The Morgan fingerprint density at radius 1 is 1.50 bits per heavy atom. The molecule has 0 aliphatic carbocycles. The number of nitrogens with one attached hydrogen (secondary N) is 1. The quantitative estimate of drug-likeness (QED) is 0.798. The number of carboxylic acids is 1. The second kappa shape index (κ2) is 7.03. The summed E-state index contributed by atoms with van der Waals surface area (Å²) < 4.78 is 31.6. The standard InChI is InChI=1S/C12H16ClNO5S/c1-3-19-8(2)7-14-20(17,18)9-4-5-11(13)10(6-9)12(15)16/h4-6,8,14H,3,7H2,1-2H3,(H,15,16). The molecule has 0 spiro atoms. The lowest BCUT2D eigenvalue weighted by Crippen LogP contribution is -2.32. The first-order valence-corrected chi connectivity index (χ1v) is 7.78. The SMILES string of the molecule is CCOC(C)CNS(=O)(=O)c1ccc(Cl)c(C(=O)O)c1. The van der Waals surface area contributed by atoms with Gasteiger partial charge in [0, 0.05) is 13.2 Å². The van der Waals surface area contributed by atoms with Crippen molar-refractivity contribution in [3.63, 3.8) is 0 Å². The highest BCUT2D eigenvalue weighted by molar-refractivity contribution is 7.89. The van der Waals surface area contributed by atoms with Gasteiger partial charge in [0.2, 0.25) is 10.0 Å². The lowest BCUT2D eigenvalue weighted by molar-refractivity contribution is 0.0696. The van der Waals surface area contributed by atoms with Gasteiger partial charge < -0.3 is 9.84 Å². The molecule has 0 fully saturated rings. The molecule has 1 aromatic rings. The molecular weight excluding hydrogens is 306 g/mol. The largest absolute Gasteiger partial charge is 0.478 e. The van der Waals surface area contributed by atoms with Crippen molar-refractivity contribution >= 4 is 27.6 Å². The van der Waals surface area contributed by atoms with Crippen molar-refractivity contribution in [3.05, 3.63) is 28.8 Å². The number of benzene rings is 1. The Morgan fingerprint density at radius 3 is 2.70 bits per heavy atom. The molecule has 2 N–H and O–H groups in total. The number of carbonyl (C=O) groups is 1. The number of sulfonamides is 1. The number of rotatable bonds is 7. The lowest BCUT2D eigenvalue weighted by atomic mass is 10.2. The molecule has 20 heavy (non-hydrogen) atoms. The van der Waals surface area contributed by atoms with Crippen molar-refractivity contribution < 1.29 is 23.1 Å². The van der Waals surface area contributed by atoms with Crippen LogP contribution in [0.3, 0.4) is 0 Å². The molecule has 0 heterocycles. The van der Waals surface area contributed by atoms with Crippen LogP contribution in [0.25, 0.3) is 0 Å². The zero-order valence-corrected chi connectivity index (χ0v) is 12.7. The Kier molecular flexibility index (Phi) is 5.94. The highest BCUT2D eigenvalue weighted by atomic mass is 35.5. The van der Waals surface area contributed by atoms with E-state index in [0.717, 1.165) is 6.07 Å². The summed E-state index contributed by atoms with van der Waals surface area (Å²) in [6.07, 6.45) is -0.277. The van der Waals surface area contributed by atoms with Crippen molar-refractivity contribution in [1.82, 2.24) is 4.72 Å². The van der Waals surface area contributed by atoms with Crippen LogP contribution < -0.4 is 4.72 Å². The summed E-state index contributed by atoms with van der Waals surface area (Å²) in [5.41, 5.74) is -0.257. The topological polar surface area (TPSA) is 92.7 Å². The van der Waals surface area contributed by atoms with Crippen LogP contribution in [0.4, 0.5) is 0 Å². The molecule has 1 aromatic carbocycles. The predicted molar refractivity (Wildman–Crippen MR) is 74.7 cm³/mol.